The highest BCUT2D eigenvalue weighted by atomic mass is 32.1. The number of nitrogens with zero attached hydrogens (tertiary/aromatic N) is 1. The average molecular weight is 289 g/mol. The first kappa shape index (κ1) is 14.5. The lowest BCUT2D eigenvalue weighted by Gasteiger charge is -2.18. The summed E-state index contributed by atoms with van der Waals surface area (Å²) in [5, 5.41) is 8.67. The van der Waals surface area contributed by atoms with E-state index in [4.69, 9.17) is 0 Å². The van der Waals surface area contributed by atoms with Gasteiger partial charge in [0, 0.05) is 11.6 Å². The van der Waals surface area contributed by atoms with Gasteiger partial charge in [0.15, 0.2) is 0 Å². The molecular weight excluding hydrogens is 270 g/mol. The van der Waals surface area contributed by atoms with Crippen LogP contribution in [-0.2, 0) is 0 Å². The number of hydrogen-bond donors (Lipinski definition) is 2. The van der Waals surface area contributed by atoms with Crippen LogP contribution in [0.1, 0.15) is 42.1 Å². The van der Waals surface area contributed by atoms with Gasteiger partial charge in [-0.25, -0.2) is 9.78 Å². The molecule has 2 aromatic rings. The molecule has 0 fully saturated rings. The molecule has 0 saturated heterocycles. The second kappa shape index (κ2) is 6.52. The maximum Gasteiger partial charge on any atom is 0.315 e. The summed E-state index contributed by atoms with van der Waals surface area (Å²) in [4.78, 5) is 16.2. The van der Waals surface area contributed by atoms with Gasteiger partial charge in [-0.3, -0.25) is 0 Å². The molecule has 1 aromatic heterocycles. The minimum absolute atomic E-state index is 0.0281. The van der Waals surface area contributed by atoms with Gasteiger partial charge in [-0.05, 0) is 31.9 Å². The fraction of sp³-hybridized carbons (Fsp3) is 0.333. The Labute approximate surface area is 123 Å². The van der Waals surface area contributed by atoms with E-state index in [0.29, 0.717) is 0 Å². The van der Waals surface area contributed by atoms with E-state index in [0.717, 1.165) is 10.6 Å². The van der Waals surface area contributed by atoms with Crippen molar-refractivity contribution >= 4 is 17.4 Å². The Kier molecular flexibility index (Phi) is 4.74. The number of carbonyl (C=O) groups excluding carboxylic acids is 1. The zero-order valence-electron chi connectivity index (χ0n) is 11.9. The Hall–Kier alpha value is -1.88. The van der Waals surface area contributed by atoms with Crippen molar-refractivity contribution in [1.29, 1.82) is 0 Å². The highest BCUT2D eigenvalue weighted by molar-refractivity contribution is 7.09. The van der Waals surface area contributed by atoms with E-state index < -0.39 is 0 Å². The van der Waals surface area contributed by atoms with Crippen LogP contribution < -0.4 is 10.6 Å². The lowest BCUT2D eigenvalue weighted by atomic mass is 10.0. The summed E-state index contributed by atoms with van der Waals surface area (Å²) in [6, 6.07) is 7.77. The SMILES string of the molecule is Cc1ccccc1[C@H](C)NC(=O)N[C@@H](C)c1nccs1. The Bertz CT molecular complexity index is 568. The predicted molar refractivity (Wildman–Crippen MR) is 81.8 cm³/mol. The third-order valence-corrected chi connectivity index (χ3v) is 4.13. The van der Waals surface area contributed by atoms with E-state index in [1.54, 1.807) is 6.20 Å². The first-order valence-electron chi connectivity index (χ1n) is 6.60. The van der Waals surface area contributed by atoms with Gasteiger partial charge in [-0.2, -0.15) is 0 Å². The van der Waals surface area contributed by atoms with Crippen LogP contribution in [-0.4, -0.2) is 11.0 Å². The molecule has 2 N–H and O–H groups in total. The fourth-order valence-corrected chi connectivity index (χ4v) is 2.74. The van der Waals surface area contributed by atoms with Gasteiger partial charge < -0.3 is 10.6 Å². The summed E-state index contributed by atoms with van der Waals surface area (Å²) >= 11 is 1.54. The third-order valence-electron chi connectivity index (χ3n) is 3.17. The number of nitrogens with one attached hydrogen (secondary N) is 2. The molecule has 0 spiro atoms. The van der Waals surface area contributed by atoms with Gasteiger partial charge in [0.05, 0.1) is 12.1 Å². The average Bonchev–Trinajstić information content (AvgIpc) is 2.92. The number of benzene rings is 1. The molecule has 0 aliphatic rings. The van der Waals surface area contributed by atoms with E-state index in [9.17, 15) is 4.79 Å². The highest BCUT2D eigenvalue weighted by Crippen LogP contribution is 2.17. The van der Waals surface area contributed by atoms with Crippen molar-refractivity contribution in [3.63, 3.8) is 0 Å². The summed E-state index contributed by atoms with van der Waals surface area (Å²) in [7, 11) is 0. The number of rotatable bonds is 4. The second-order valence-electron chi connectivity index (χ2n) is 4.79. The van der Waals surface area contributed by atoms with Gasteiger partial charge in [0.25, 0.3) is 0 Å². The normalized spacial score (nSPS) is 13.6. The van der Waals surface area contributed by atoms with Crippen LogP contribution in [0, 0.1) is 6.92 Å². The minimum Gasteiger partial charge on any atom is -0.332 e. The van der Waals surface area contributed by atoms with Crippen LogP contribution in [0.2, 0.25) is 0 Å². The molecule has 0 saturated carbocycles. The Morgan fingerprint density at radius 2 is 1.90 bits per heavy atom. The van der Waals surface area contributed by atoms with Crippen molar-refractivity contribution in [2.45, 2.75) is 32.9 Å². The molecule has 0 bridgehead atoms. The van der Waals surface area contributed by atoms with E-state index in [2.05, 4.69) is 15.6 Å². The van der Waals surface area contributed by atoms with Gasteiger partial charge >= 0.3 is 6.03 Å². The molecule has 5 heteroatoms. The quantitative estimate of drug-likeness (QED) is 0.904. The largest absolute Gasteiger partial charge is 0.332 e. The zero-order chi connectivity index (χ0) is 14.5. The van der Waals surface area contributed by atoms with Gasteiger partial charge in [-0.15, -0.1) is 11.3 Å². The van der Waals surface area contributed by atoms with Crippen LogP contribution in [0.4, 0.5) is 4.79 Å². The van der Waals surface area contributed by atoms with Crippen LogP contribution in [0.25, 0.3) is 0 Å². The van der Waals surface area contributed by atoms with E-state index in [1.807, 2.05) is 50.4 Å². The van der Waals surface area contributed by atoms with Gasteiger partial charge in [0.1, 0.15) is 5.01 Å². The van der Waals surface area contributed by atoms with E-state index in [1.165, 1.54) is 16.9 Å². The number of aromatic nitrogens is 1. The molecule has 20 heavy (non-hydrogen) atoms. The number of carbonyl (C=O) groups is 1. The number of hydrogen-bond acceptors (Lipinski definition) is 3. The summed E-state index contributed by atoms with van der Waals surface area (Å²) in [5.74, 6) is 0. The van der Waals surface area contributed by atoms with E-state index >= 15 is 0 Å². The van der Waals surface area contributed by atoms with Gasteiger partial charge in [0.2, 0.25) is 0 Å². The molecule has 0 aliphatic heterocycles. The molecule has 4 nitrogen and oxygen atoms in total. The number of thiazole rings is 1. The maximum atomic E-state index is 12.0. The van der Waals surface area contributed by atoms with Gasteiger partial charge in [-0.1, -0.05) is 24.3 Å². The van der Waals surface area contributed by atoms with Crippen LogP contribution in [0.5, 0.6) is 0 Å². The monoisotopic (exact) mass is 289 g/mol. The van der Waals surface area contributed by atoms with Crippen molar-refractivity contribution in [2.24, 2.45) is 0 Å². The molecule has 0 unspecified atom stereocenters. The Morgan fingerprint density at radius 1 is 1.20 bits per heavy atom. The molecule has 0 aliphatic carbocycles. The first-order valence-corrected chi connectivity index (χ1v) is 7.48. The molecule has 0 radical (unpaired) electrons. The Balaban J connectivity index is 1.93. The molecule has 1 aromatic carbocycles. The van der Waals surface area contributed by atoms with Crippen molar-refractivity contribution in [2.75, 3.05) is 0 Å². The number of aryl methyl sites for hydroxylation is 1. The number of amides is 2. The maximum absolute atomic E-state index is 12.0. The minimum atomic E-state index is -0.177. The lowest BCUT2D eigenvalue weighted by Crippen LogP contribution is -2.38. The molecule has 106 valence electrons. The second-order valence-corrected chi connectivity index (χ2v) is 5.71. The van der Waals surface area contributed by atoms with Crippen molar-refractivity contribution < 1.29 is 4.79 Å². The zero-order valence-corrected chi connectivity index (χ0v) is 12.7. The standard InChI is InChI=1S/C15H19N3OS/c1-10-6-4-5-7-13(10)11(2)17-15(19)18-12(3)14-16-8-9-20-14/h4-9,11-12H,1-3H3,(H2,17,18,19)/t11-,12-/m0/s1. The third kappa shape index (κ3) is 3.57. The predicted octanol–water partition coefficient (Wildman–Crippen LogP) is 3.57. The van der Waals surface area contributed by atoms with Crippen LogP contribution >= 0.6 is 11.3 Å². The molecule has 2 atom stereocenters. The summed E-state index contributed by atoms with van der Waals surface area (Å²) in [6.45, 7) is 5.95. The summed E-state index contributed by atoms with van der Waals surface area (Å²) < 4.78 is 0. The molecular formula is C15H19N3OS. The molecule has 2 rings (SSSR count). The first-order chi connectivity index (χ1) is 9.58. The van der Waals surface area contributed by atoms with Crippen molar-refractivity contribution in [1.82, 2.24) is 15.6 Å². The molecule has 1 heterocycles. The van der Waals surface area contributed by atoms with Crippen molar-refractivity contribution in [3.05, 3.63) is 52.0 Å². The van der Waals surface area contributed by atoms with Crippen molar-refractivity contribution in [3.8, 4) is 0 Å². The number of urea groups is 1. The topological polar surface area (TPSA) is 54.0 Å². The molecule has 2 amide bonds. The highest BCUT2D eigenvalue weighted by Gasteiger charge is 2.14. The lowest BCUT2D eigenvalue weighted by molar-refractivity contribution is 0.235. The van der Waals surface area contributed by atoms with Crippen LogP contribution in [0.3, 0.4) is 0 Å². The smallest absolute Gasteiger partial charge is 0.315 e. The summed E-state index contributed by atoms with van der Waals surface area (Å²) in [6.07, 6.45) is 1.74. The fourth-order valence-electron chi connectivity index (χ4n) is 2.10. The summed E-state index contributed by atoms with van der Waals surface area (Å²) in [5.41, 5.74) is 2.30. The van der Waals surface area contributed by atoms with Crippen LogP contribution in [0.15, 0.2) is 35.8 Å². The van der Waals surface area contributed by atoms with E-state index in [-0.39, 0.29) is 18.1 Å². The Morgan fingerprint density at radius 3 is 2.55 bits per heavy atom.